The van der Waals surface area contributed by atoms with Crippen molar-refractivity contribution in [2.24, 2.45) is 0 Å². The second kappa shape index (κ2) is 9.21. The van der Waals surface area contributed by atoms with E-state index in [2.05, 4.69) is 43.8 Å². The standard InChI is InChI=1S/C21H28N4O3S/c26-29(27,20-6-7-21(22-16-20)25-12-14-28-15-13-25)23-19-8-10-24(11-9-19)17-18-4-2-1-3-5-18/h1-7,16,19,23H,8-15,17H2. The highest BCUT2D eigenvalue weighted by atomic mass is 32.2. The van der Waals surface area contributed by atoms with Crippen LogP contribution in [0.5, 0.6) is 0 Å². The number of sulfonamides is 1. The van der Waals surface area contributed by atoms with Gasteiger partial charge in [0.2, 0.25) is 10.0 Å². The molecule has 3 heterocycles. The number of anilines is 1. The van der Waals surface area contributed by atoms with E-state index < -0.39 is 10.0 Å². The Morgan fingerprint density at radius 3 is 2.38 bits per heavy atom. The van der Waals surface area contributed by atoms with Crippen LogP contribution in [0.3, 0.4) is 0 Å². The molecule has 7 nitrogen and oxygen atoms in total. The minimum Gasteiger partial charge on any atom is -0.378 e. The van der Waals surface area contributed by atoms with Gasteiger partial charge < -0.3 is 9.64 Å². The van der Waals surface area contributed by atoms with Crippen molar-refractivity contribution in [2.75, 3.05) is 44.3 Å². The highest BCUT2D eigenvalue weighted by Crippen LogP contribution is 2.19. The minimum atomic E-state index is -3.56. The quantitative estimate of drug-likeness (QED) is 0.775. The number of nitrogens with one attached hydrogen (secondary N) is 1. The maximum atomic E-state index is 12.8. The first-order chi connectivity index (χ1) is 14.1. The zero-order chi connectivity index (χ0) is 20.1. The van der Waals surface area contributed by atoms with E-state index >= 15 is 0 Å². The number of aromatic nitrogens is 1. The molecule has 0 amide bonds. The van der Waals surface area contributed by atoms with E-state index in [9.17, 15) is 8.42 Å². The Hall–Kier alpha value is -2.00. The van der Waals surface area contributed by atoms with E-state index in [1.54, 1.807) is 12.1 Å². The molecule has 29 heavy (non-hydrogen) atoms. The molecule has 2 aliphatic heterocycles. The average Bonchev–Trinajstić information content (AvgIpc) is 2.76. The molecule has 0 aliphatic carbocycles. The van der Waals surface area contributed by atoms with Gasteiger partial charge in [-0.25, -0.2) is 18.1 Å². The zero-order valence-corrected chi connectivity index (χ0v) is 17.4. The van der Waals surface area contributed by atoms with E-state index in [1.165, 1.54) is 11.8 Å². The zero-order valence-electron chi connectivity index (χ0n) is 16.5. The van der Waals surface area contributed by atoms with Gasteiger partial charge in [-0.15, -0.1) is 0 Å². The summed E-state index contributed by atoms with van der Waals surface area (Å²) in [5.41, 5.74) is 1.29. The number of pyridine rings is 1. The Balaban J connectivity index is 1.31. The molecule has 0 saturated carbocycles. The molecule has 1 N–H and O–H groups in total. The van der Waals surface area contributed by atoms with Gasteiger partial charge in [-0.05, 0) is 30.5 Å². The molecule has 0 unspecified atom stereocenters. The van der Waals surface area contributed by atoms with Crippen LogP contribution >= 0.6 is 0 Å². The van der Waals surface area contributed by atoms with Crippen molar-refractivity contribution in [3.8, 4) is 0 Å². The van der Waals surface area contributed by atoms with E-state index in [-0.39, 0.29) is 10.9 Å². The highest BCUT2D eigenvalue weighted by Gasteiger charge is 2.25. The van der Waals surface area contributed by atoms with Crippen LogP contribution in [0.4, 0.5) is 5.82 Å². The first kappa shape index (κ1) is 20.3. The molecule has 156 valence electrons. The van der Waals surface area contributed by atoms with Crippen LogP contribution in [0.15, 0.2) is 53.6 Å². The van der Waals surface area contributed by atoms with Crippen molar-refractivity contribution in [3.05, 3.63) is 54.2 Å². The number of likely N-dealkylation sites (tertiary alicyclic amines) is 1. The van der Waals surface area contributed by atoms with Crippen molar-refractivity contribution >= 4 is 15.8 Å². The first-order valence-electron chi connectivity index (χ1n) is 10.2. The lowest BCUT2D eigenvalue weighted by atomic mass is 10.1. The second-order valence-electron chi connectivity index (χ2n) is 7.61. The molecule has 0 bridgehead atoms. The van der Waals surface area contributed by atoms with Crippen LogP contribution in [-0.2, 0) is 21.3 Å². The van der Waals surface area contributed by atoms with Gasteiger partial charge in [-0.1, -0.05) is 30.3 Å². The maximum absolute atomic E-state index is 12.8. The van der Waals surface area contributed by atoms with Gasteiger partial charge in [0.15, 0.2) is 0 Å². The summed E-state index contributed by atoms with van der Waals surface area (Å²) in [6.45, 7) is 5.58. The van der Waals surface area contributed by atoms with Crippen LogP contribution in [0.1, 0.15) is 18.4 Å². The lowest BCUT2D eigenvalue weighted by Gasteiger charge is -2.32. The number of rotatable bonds is 6. The number of piperidine rings is 1. The van der Waals surface area contributed by atoms with Crippen LogP contribution in [0.25, 0.3) is 0 Å². The van der Waals surface area contributed by atoms with Crippen LogP contribution in [0.2, 0.25) is 0 Å². The third-order valence-corrected chi connectivity index (χ3v) is 7.03. The summed E-state index contributed by atoms with van der Waals surface area (Å²) in [6.07, 6.45) is 3.08. The Morgan fingerprint density at radius 2 is 1.72 bits per heavy atom. The molecule has 2 saturated heterocycles. The molecule has 1 aromatic heterocycles. The second-order valence-corrected chi connectivity index (χ2v) is 9.32. The summed E-state index contributed by atoms with van der Waals surface area (Å²) in [7, 11) is -3.56. The van der Waals surface area contributed by atoms with Gasteiger partial charge in [-0.2, -0.15) is 0 Å². The van der Waals surface area contributed by atoms with E-state index in [1.807, 2.05) is 6.07 Å². The summed E-state index contributed by atoms with van der Waals surface area (Å²) in [5, 5.41) is 0. The van der Waals surface area contributed by atoms with Crippen molar-refractivity contribution in [1.29, 1.82) is 0 Å². The molecule has 8 heteroatoms. The van der Waals surface area contributed by atoms with Crippen molar-refractivity contribution in [1.82, 2.24) is 14.6 Å². The molecule has 1 aromatic carbocycles. The van der Waals surface area contributed by atoms with Gasteiger partial charge in [0.25, 0.3) is 0 Å². The average molecular weight is 417 g/mol. The lowest BCUT2D eigenvalue weighted by molar-refractivity contribution is 0.122. The SMILES string of the molecule is O=S(=O)(NC1CCN(Cc2ccccc2)CC1)c1ccc(N2CCOCC2)nc1. The number of ether oxygens (including phenoxy) is 1. The number of benzene rings is 1. The van der Waals surface area contributed by atoms with Gasteiger partial charge in [0.05, 0.1) is 13.2 Å². The summed E-state index contributed by atoms with van der Waals surface area (Å²) >= 11 is 0. The molecular formula is C21H28N4O3S. The summed E-state index contributed by atoms with van der Waals surface area (Å²) in [6, 6.07) is 13.8. The smallest absolute Gasteiger partial charge is 0.242 e. The molecule has 2 aliphatic rings. The van der Waals surface area contributed by atoms with Gasteiger partial charge >= 0.3 is 0 Å². The minimum absolute atomic E-state index is 0.0362. The van der Waals surface area contributed by atoms with Crippen LogP contribution in [0, 0.1) is 0 Å². The maximum Gasteiger partial charge on any atom is 0.242 e. The summed E-state index contributed by atoms with van der Waals surface area (Å²) in [5.74, 6) is 0.793. The van der Waals surface area contributed by atoms with Crippen LogP contribution < -0.4 is 9.62 Å². The Kier molecular flexibility index (Phi) is 6.44. The van der Waals surface area contributed by atoms with E-state index in [0.29, 0.717) is 13.2 Å². The normalized spacial score (nSPS) is 19.4. The van der Waals surface area contributed by atoms with Gasteiger partial charge in [0, 0.05) is 45.0 Å². The lowest BCUT2D eigenvalue weighted by Crippen LogP contribution is -2.44. The molecular weight excluding hydrogens is 388 g/mol. The topological polar surface area (TPSA) is 74.8 Å². The van der Waals surface area contributed by atoms with Gasteiger partial charge in [0.1, 0.15) is 10.7 Å². The molecule has 2 aromatic rings. The fourth-order valence-electron chi connectivity index (χ4n) is 3.85. The third kappa shape index (κ3) is 5.33. The molecule has 0 atom stereocenters. The molecule has 4 rings (SSSR count). The highest BCUT2D eigenvalue weighted by molar-refractivity contribution is 7.89. The van der Waals surface area contributed by atoms with Gasteiger partial charge in [-0.3, -0.25) is 4.90 Å². The van der Waals surface area contributed by atoms with E-state index in [0.717, 1.165) is 51.4 Å². The first-order valence-corrected chi connectivity index (χ1v) is 11.7. The molecule has 2 fully saturated rings. The Bertz CT molecular complexity index is 876. The monoisotopic (exact) mass is 416 g/mol. The number of nitrogens with zero attached hydrogens (tertiary/aromatic N) is 3. The Labute approximate surface area is 172 Å². The molecule has 0 spiro atoms. The summed E-state index contributed by atoms with van der Waals surface area (Å²) < 4.78 is 33.7. The molecule has 0 radical (unpaired) electrons. The largest absolute Gasteiger partial charge is 0.378 e. The summed E-state index contributed by atoms with van der Waals surface area (Å²) in [4.78, 5) is 9.07. The van der Waals surface area contributed by atoms with Crippen LogP contribution in [-0.4, -0.2) is 63.7 Å². The fourth-order valence-corrected chi connectivity index (χ4v) is 5.10. The third-order valence-electron chi connectivity index (χ3n) is 5.52. The number of hydrogen-bond donors (Lipinski definition) is 1. The predicted molar refractivity (Wildman–Crippen MR) is 112 cm³/mol. The van der Waals surface area contributed by atoms with Crippen molar-refractivity contribution in [3.63, 3.8) is 0 Å². The van der Waals surface area contributed by atoms with E-state index in [4.69, 9.17) is 4.74 Å². The predicted octanol–water partition coefficient (Wildman–Crippen LogP) is 1.86. The van der Waals surface area contributed by atoms with Crippen molar-refractivity contribution < 1.29 is 13.2 Å². The number of morpholine rings is 1. The fraction of sp³-hybridized carbons (Fsp3) is 0.476. The van der Waals surface area contributed by atoms with Crippen molar-refractivity contribution in [2.45, 2.75) is 30.3 Å². The number of hydrogen-bond acceptors (Lipinski definition) is 6. The Morgan fingerprint density at radius 1 is 1.00 bits per heavy atom.